The Hall–Kier alpha value is 0.340. The second kappa shape index (κ2) is 6.22. The van der Waals surface area contributed by atoms with Gasteiger partial charge < -0.3 is 0 Å². The zero-order chi connectivity index (χ0) is 14.3. The Bertz CT molecular complexity index is 406. The van der Waals surface area contributed by atoms with Gasteiger partial charge in [0.05, 0.1) is 0 Å². The van der Waals surface area contributed by atoms with E-state index in [-0.39, 0.29) is 15.8 Å². The van der Waals surface area contributed by atoms with Gasteiger partial charge in [-0.25, -0.2) is 0 Å². The van der Waals surface area contributed by atoms with E-state index >= 15 is 0 Å². The first-order chi connectivity index (χ1) is 9.58. The summed E-state index contributed by atoms with van der Waals surface area (Å²) in [5.74, 6) is 0. The first-order valence-electron chi connectivity index (χ1n) is 8.48. The second-order valence-electron chi connectivity index (χ2n) is 7.18. The van der Waals surface area contributed by atoms with Gasteiger partial charge in [0.2, 0.25) is 0 Å². The van der Waals surface area contributed by atoms with Crippen LogP contribution in [0.25, 0.3) is 0 Å². The molecular formula is C18H30P2. The summed E-state index contributed by atoms with van der Waals surface area (Å²) in [6.45, 7) is 9.87. The predicted octanol–water partition coefficient (Wildman–Crippen LogP) is 6.66. The highest BCUT2D eigenvalue weighted by molar-refractivity contribution is 7.67. The normalized spacial score (nSPS) is 39.0. The molecule has 0 aromatic heterocycles. The van der Waals surface area contributed by atoms with Crippen molar-refractivity contribution in [2.75, 3.05) is 12.3 Å². The standard InChI is InChI=1S/C18H30P2/c1-13-11-17(19-9-5-7-15(19)3)18(12-14(13)2)20-10-6-8-16(20)4/h15-16H,5-12H2,1-4H3. The lowest BCUT2D eigenvalue weighted by atomic mass is 9.99. The maximum Gasteiger partial charge on any atom is -0.00594 e. The van der Waals surface area contributed by atoms with Crippen LogP contribution in [-0.4, -0.2) is 23.6 Å². The van der Waals surface area contributed by atoms with Crippen LogP contribution in [0.1, 0.15) is 66.2 Å². The summed E-state index contributed by atoms with van der Waals surface area (Å²) in [4.78, 5) is 0. The van der Waals surface area contributed by atoms with Crippen molar-refractivity contribution in [3.8, 4) is 0 Å². The van der Waals surface area contributed by atoms with Crippen molar-refractivity contribution in [2.24, 2.45) is 0 Å². The van der Waals surface area contributed by atoms with Crippen LogP contribution in [0.5, 0.6) is 0 Å². The lowest BCUT2D eigenvalue weighted by Crippen LogP contribution is -2.07. The molecular weight excluding hydrogens is 278 g/mol. The highest BCUT2D eigenvalue weighted by Gasteiger charge is 2.35. The van der Waals surface area contributed by atoms with Crippen LogP contribution in [0.2, 0.25) is 0 Å². The van der Waals surface area contributed by atoms with E-state index in [1.807, 2.05) is 10.6 Å². The Kier molecular flexibility index (Phi) is 4.74. The molecule has 0 aromatic rings. The molecule has 20 heavy (non-hydrogen) atoms. The molecule has 0 radical (unpaired) electrons. The molecule has 0 spiro atoms. The van der Waals surface area contributed by atoms with E-state index in [1.165, 1.54) is 38.5 Å². The fourth-order valence-corrected chi connectivity index (χ4v) is 11.2. The van der Waals surface area contributed by atoms with Crippen LogP contribution in [-0.2, 0) is 0 Å². The summed E-state index contributed by atoms with van der Waals surface area (Å²) in [6.07, 6.45) is 11.8. The first kappa shape index (κ1) is 15.2. The van der Waals surface area contributed by atoms with Crippen molar-refractivity contribution in [1.82, 2.24) is 0 Å². The summed E-state index contributed by atoms with van der Waals surface area (Å²) in [5.41, 5.74) is 5.42. The number of allylic oxidation sites excluding steroid dienone is 4. The number of rotatable bonds is 2. The van der Waals surface area contributed by atoms with E-state index in [1.54, 1.807) is 23.5 Å². The molecule has 2 fully saturated rings. The van der Waals surface area contributed by atoms with E-state index in [9.17, 15) is 0 Å². The van der Waals surface area contributed by atoms with E-state index < -0.39 is 0 Å². The van der Waals surface area contributed by atoms with Crippen LogP contribution in [0, 0.1) is 0 Å². The molecule has 0 saturated carbocycles. The average molecular weight is 308 g/mol. The summed E-state index contributed by atoms with van der Waals surface area (Å²) in [7, 11) is 0.434. The molecule has 2 saturated heterocycles. The molecule has 0 bridgehead atoms. The molecule has 4 unspecified atom stereocenters. The fraction of sp³-hybridized carbons (Fsp3) is 0.778. The van der Waals surface area contributed by atoms with Crippen molar-refractivity contribution in [1.29, 1.82) is 0 Å². The van der Waals surface area contributed by atoms with Crippen LogP contribution in [0.15, 0.2) is 21.8 Å². The minimum absolute atomic E-state index is 0.217. The summed E-state index contributed by atoms with van der Waals surface area (Å²) < 4.78 is 0. The predicted molar refractivity (Wildman–Crippen MR) is 95.6 cm³/mol. The third kappa shape index (κ3) is 2.80. The number of hydrogen-bond acceptors (Lipinski definition) is 0. The molecule has 3 aliphatic rings. The lowest BCUT2D eigenvalue weighted by molar-refractivity contribution is 0.834. The molecule has 0 amide bonds. The Labute approximate surface area is 128 Å². The van der Waals surface area contributed by atoms with Gasteiger partial charge in [-0.15, -0.1) is 0 Å². The van der Waals surface area contributed by atoms with E-state index in [0.717, 1.165) is 11.3 Å². The monoisotopic (exact) mass is 308 g/mol. The SMILES string of the molecule is CC1=C(C)CC(P2CCCC2C)=C(P2CCCC2C)C1. The van der Waals surface area contributed by atoms with Crippen molar-refractivity contribution < 1.29 is 0 Å². The van der Waals surface area contributed by atoms with Crippen molar-refractivity contribution in [3.63, 3.8) is 0 Å². The minimum Gasteiger partial charge on any atom is -0.0762 e. The van der Waals surface area contributed by atoms with Crippen molar-refractivity contribution in [2.45, 2.75) is 77.5 Å². The summed E-state index contributed by atoms with van der Waals surface area (Å²) in [5, 5.41) is 3.99. The van der Waals surface area contributed by atoms with Crippen molar-refractivity contribution >= 4 is 15.8 Å². The largest absolute Gasteiger partial charge is 0.0762 e. The molecule has 2 aliphatic heterocycles. The Morgan fingerprint density at radius 3 is 1.45 bits per heavy atom. The number of hydrogen-bond donors (Lipinski definition) is 0. The topological polar surface area (TPSA) is 0 Å². The third-order valence-electron chi connectivity index (χ3n) is 5.73. The van der Waals surface area contributed by atoms with Gasteiger partial charge >= 0.3 is 0 Å². The highest BCUT2D eigenvalue weighted by Crippen LogP contribution is 2.68. The van der Waals surface area contributed by atoms with Gasteiger partial charge in [0, 0.05) is 0 Å². The quantitative estimate of drug-likeness (QED) is 0.395. The van der Waals surface area contributed by atoms with Gasteiger partial charge in [-0.2, -0.15) is 0 Å². The molecule has 2 heteroatoms. The van der Waals surface area contributed by atoms with Gasteiger partial charge in [0.1, 0.15) is 0 Å². The molecule has 112 valence electrons. The summed E-state index contributed by atoms with van der Waals surface area (Å²) >= 11 is 0. The molecule has 0 N–H and O–H groups in total. The minimum atomic E-state index is 0.217. The molecule has 2 heterocycles. The fourth-order valence-electron chi connectivity index (χ4n) is 4.21. The van der Waals surface area contributed by atoms with Crippen LogP contribution >= 0.6 is 15.8 Å². The first-order valence-corrected chi connectivity index (χ1v) is 11.7. The molecule has 3 rings (SSSR count). The second-order valence-corrected chi connectivity index (χ2v) is 12.8. The molecule has 0 nitrogen and oxygen atoms in total. The third-order valence-corrected chi connectivity index (χ3v) is 12.4. The maximum atomic E-state index is 2.54. The van der Waals surface area contributed by atoms with Crippen LogP contribution in [0.4, 0.5) is 0 Å². The van der Waals surface area contributed by atoms with Gasteiger partial charge in [-0.3, -0.25) is 0 Å². The van der Waals surface area contributed by atoms with Crippen LogP contribution in [0.3, 0.4) is 0 Å². The van der Waals surface area contributed by atoms with Gasteiger partial charge in [0.25, 0.3) is 0 Å². The average Bonchev–Trinajstić information content (AvgIpc) is 3.01. The molecule has 1 aliphatic carbocycles. The Morgan fingerprint density at radius 2 is 1.15 bits per heavy atom. The van der Waals surface area contributed by atoms with Crippen LogP contribution < -0.4 is 0 Å². The van der Waals surface area contributed by atoms with E-state index in [0.29, 0.717) is 0 Å². The van der Waals surface area contributed by atoms with E-state index in [4.69, 9.17) is 0 Å². The van der Waals surface area contributed by atoms with E-state index in [2.05, 4.69) is 27.7 Å². The maximum absolute atomic E-state index is 2.54. The summed E-state index contributed by atoms with van der Waals surface area (Å²) in [6, 6.07) is 0. The Morgan fingerprint density at radius 1 is 0.750 bits per heavy atom. The van der Waals surface area contributed by atoms with Crippen molar-refractivity contribution in [3.05, 3.63) is 21.8 Å². The Balaban J connectivity index is 1.94. The van der Waals surface area contributed by atoms with Gasteiger partial charge in [-0.05, 0) is 86.6 Å². The zero-order valence-corrected chi connectivity index (χ0v) is 15.5. The molecule has 4 atom stereocenters. The van der Waals surface area contributed by atoms with Gasteiger partial charge in [-0.1, -0.05) is 40.8 Å². The molecule has 0 aromatic carbocycles. The highest BCUT2D eigenvalue weighted by atomic mass is 31.1. The van der Waals surface area contributed by atoms with Gasteiger partial charge in [0.15, 0.2) is 0 Å². The zero-order valence-electron chi connectivity index (χ0n) is 13.7. The lowest BCUT2D eigenvalue weighted by Gasteiger charge is -2.33. The smallest absolute Gasteiger partial charge is 0.00594 e.